The molecular weight excluding hydrogens is 158 g/mol. The van der Waals surface area contributed by atoms with Crippen LogP contribution in [0.25, 0.3) is 0 Å². The summed E-state index contributed by atoms with van der Waals surface area (Å²) >= 11 is 0. The van der Waals surface area contributed by atoms with E-state index in [4.69, 9.17) is 15.6 Å². The lowest BCUT2D eigenvalue weighted by Gasteiger charge is -2.20. The van der Waals surface area contributed by atoms with Crippen LogP contribution in [0, 0.1) is 5.92 Å². The Morgan fingerprint density at radius 3 is 2.58 bits per heavy atom. The minimum atomic E-state index is -0.369. The number of methoxy groups -OCH3 is 1. The molecule has 72 valence electrons. The van der Waals surface area contributed by atoms with Gasteiger partial charge in [-0.15, -0.1) is 0 Å². The quantitative estimate of drug-likeness (QED) is 0.592. The van der Waals surface area contributed by atoms with Crippen molar-refractivity contribution in [3.63, 3.8) is 0 Å². The lowest BCUT2D eigenvalue weighted by molar-refractivity contribution is -0.121. The summed E-state index contributed by atoms with van der Waals surface area (Å²) in [5.74, 6) is -0.209. The van der Waals surface area contributed by atoms with Gasteiger partial charge in [-0.2, -0.15) is 0 Å². The first-order chi connectivity index (χ1) is 5.61. The van der Waals surface area contributed by atoms with Crippen LogP contribution in [-0.2, 0) is 9.53 Å². The zero-order chi connectivity index (χ0) is 9.56. The first kappa shape index (κ1) is 11.4. The predicted octanol–water partition coefficient (Wildman–Crippen LogP) is -0.105. The monoisotopic (exact) mass is 175 g/mol. The summed E-state index contributed by atoms with van der Waals surface area (Å²) in [7, 11) is 1.54. The fourth-order valence-electron chi connectivity index (χ4n) is 1.10. The second-order valence-electron chi connectivity index (χ2n) is 2.93. The molecule has 0 unspecified atom stereocenters. The molecule has 0 heterocycles. The second-order valence-corrected chi connectivity index (χ2v) is 2.93. The van der Waals surface area contributed by atoms with Crippen LogP contribution in [0.1, 0.15) is 19.8 Å². The van der Waals surface area contributed by atoms with E-state index in [2.05, 4.69) is 0 Å². The van der Waals surface area contributed by atoms with Crippen LogP contribution >= 0.6 is 0 Å². The Balaban J connectivity index is 3.86. The molecule has 0 aliphatic carbocycles. The molecule has 3 N–H and O–H groups in total. The molecule has 0 fully saturated rings. The molecule has 0 aromatic heterocycles. The lowest BCUT2D eigenvalue weighted by Crippen LogP contribution is -2.27. The molecule has 0 saturated heterocycles. The summed E-state index contributed by atoms with van der Waals surface area (Å²) in [5.41, 5.74) is 5.02. The van der Waals surface area contributed by atoms with Gasteiger partial charge < -0.3 is 15.6 Å². The topological polar surface area (TPSA) is 72.5 Å². The Morgan fingerprint density at radius 1 is 1.67 bits per heavy atom. The molecule has 0 aliphatic rings. The third-order valence-electron chi connectivity index (χ3n) is 1.92. The van der Waals surface area contributed by atoms with E-state index in [9.17, 15) is 4.79 Å². The molecule has 0 radical (unpaired) electrons. The smallest absolute Gasteiger partial charge is 0.220 e. The molecule has 0 spiro atoms. The largest absolute Gasteiger partial charge is 0.396 e. The van der Waals surface area contributed by atoms with Gasteiger partial charge in [-0.1, -0.05) is 6.92 Å². The van der Waals surface area contributed by atoms with E-state index in [0.717, 1.165) is 0 Å². The molecular formula is C8H17NO3. The summed E-state index contributed by atoms with van der Waals surface area (Å²) < 4.78 is 5.06. The highest BCUT2D eigenvalue weighted by atomic mass is 16.5. The molecule has 2 atom stereocenters. The van der Waals surface area contributed by atoms with Crippen molar-refractivity contribution in [1.29, 1.82) is 0 Å². The number of nitrogens with two attached hydrogens (primary N) is 1. The van der Waals surface area contributed by atoms with Crippen molar-refractivity contribution in [2.45, 2.75) is 25.9 Å². The van der Waals surface area contributed by atoms with E-state index in [0.29, 0.717) is 6.42 Å². The highest BCUT2D eigenvalue weighted by Gasteiger charge is 2.18. The van der Waals surface area contributed by atoms with Crippen LogP contribution in [0.2, 0.25) is 0 Å². The number of aliphatic hydroxyl groups excluding tert-OH is 1. The number of hydrogen-bond donors (Lipinski definition) is 2. The number of aliphatic hydroxyl groups is 1. The molecule has 0 aliphatic heterocycles. The van der Waals surface area contributed by atoms with Crippen molar-refractivity contribution < 1.29 is 14.6 Å². The first-order valence-corrected chi connectivity index (χ1v) is 4.03. The maximum atomic E-state index is 10.6. The van der Waals surface area contributed by atoms with Crippen LogP contribution in [0.5, 0.6) is 0 Å². The van der Waals surface area contributed by atoms with Crippen LogP contribution in [0.4, 0.5) is 0 Å². The van der Waals surface area contributed by atoms with Crippen LogP contribution in [0.15, 0.2) is 0 Å². The normalized spacial score (nSPS) is 15.6. The van der Waals surface area contributed by atoms with E-state index < -0.39 is 0 Å². The minimum absolute atomic E-state index is 0.111. The van der Waals surface area contributed by atoms with E-state index in [-0.39, 0.29) is 31.0 Å². The summed E-state index contributed by atoms with van der Waals surface area (Å²) in [6.07, 6.45) is 0.679. The van der Waals surface area contributed by atoms with Crippen molar-refractivity contribution in [3.8, 4) is 0 Å². The van der Waals surface area contributed by atoms with Gasteiger partial charge >= 0.3 is 0 Å². The van der Waals surface area contributed by atoms with Gasteiger partial charge in [0.05, 0.1) is 12.5 Å². The Kier molecular flexibility index (Phi) is 5.66. The fourth-order valence-corrected chi connectivity index (χ4v) is 1.10. The number of carbonyl (C=O) groups is 1. The molecule has 4 heteroatoms. The van der Waals surface area contributed by atoms with Gasteiger partial charge in [-0.25, -0.2) is 0 Å². The zero-order valence-corrected chi connectivity index (χ0v) is 7.62. The first-order valence-electron chi connectivity index (χ1n) is 4.03. The number of ether oxygens (including phenoxy) is 1. The molecule has 4 nitrogen and oxygen atoms in total. The molecule has 12 heavy (non-hydrogen) atoms. The van der Waals surface area contributed by atoms with Gasteiger partial charge in [0.25, 0.3) is 0 Å². The van der Waals surface area contributed by atoms with Crippen molar-refractivity contribution >= 4 is 5.91 Å². The van der Waals surface area contributed by atoms with Crippen LogP contribution in [-0.4, -0.2) is 30.8 Å². The van der Waals surface area contributed by atoms with Crippen LogP contribution in [0.3, 0.4) is 0 Å². The van der Waals surface area contributed by atoms with Gasteiger partial charge in [0, 0.05) is 13.7 Å². The lowest BCUT2D eigenvalue weighted by atomic mass is 9.98. The SMILES string of the molecule is CO[C@@H](CC(N)=O)[C@H](C)CCO. The van der Waals surface area contributed by atoms with E-state index in [1.165, 1.54) is 0 Å². The van der Waals surface area contributed by atoms with Crippen LogP contribution < -0.4 is 5.73 Å². The summed E-state index contributed by atoms with van der Waals surface area (Å²) in [6, 6.07) is 0. The minimum Gasteiger partial charge on any atom is -0.396 e. The van der Waals surface area contributed by atoms with Crippen molar-refractivity contribution in [1.82, 2.24) is 0 Å². The molecule has 0 aromatic rings. The van der Waals surface area contributed by atoms with Gasteiger partial charge in [0.1, 0.15) is 0 Å². The predicted molar refractivity (Wildman–Crippen MR) is 45.5 cm³/mol. The third kappa shape index (κ3) is 4.31. The Hall–Kier alpha value is -0.610. The Morgan fingerprint density at radius 2 is 2.25 bits per heavy atom. The van der Waals surface area contributed by atoms with Crippen molar-refractivity contribution in [2.75, 3.05) is 13.7 Å². The second kappa shape index (κ2) is 5.97. The average molecular weight is 175 g/mol. The molecule has 0 aromatic carbocycles. The van der Waals surface area contributed by atoms with E-state index >= 15 is 0 Å². The molecule has 1 amide bonds. The maximum Gasteiger partial charge on any atom is 0.220 e. The van der Waals surface area contributed by atoms with Gasteiger partial charge in [-0.3, -0.25) is 4.79 Å². The van der Waals surface area contributed by atoms with E-state index in [1.54, 1.807) is 7.11 Å². The average Bonchev–Trinajstić information content (AvgIpc) is 2.00. The third-order valence-corrected chi connectivity index (χ3v) is 1.92. The van der Waals surface area contributed by atoms with E-state index in [1.807, 2.05) is 6.92 Å². The van der Waals surface area contributed by atoms with Crippen molar-refractivity contribution in [2.24, 2.45) is 11.7 Å². The standard InChI is InChI=1S/C8H17NO3/c1-6(3-4-10)7(12-2)5-8(9)11/h6-7,10H,3-5H2,1-2H3,(H2,9,11)/t6-,7+/m1/s1. The number of amides is 1. The number of carbonyl (C=O) groups excluding carboxylic acids is 1. The maximum absolute atomic E-state index is 10.6. The molecule has 0 bridgehead atoms. The van der Waals surface area contributed by atoms with Gasteiger partial charge in [0.2, 0.25) is 5.91 Å². The summed E-state index contributed by atoms with van der Waals surface area (Å²) in [6.45, 7) is 2.03. The number of rotatable bonds is 6. The number of hydrogen-bond acceptors (Lipinski definition) is 3. The van der Waals surface area contributed by atoms with Crippen molar-refractivity contribution in [3.05, 3.63) is 0 Å². The summed E-state index contributed by atoms with van der Waals surface area (Å²) in [5, 5.41) is 8.64. The van der Waals surface area contributed by atoms with Gasteiger partial charge in [0.15, 0.2) is 0 Å². The molecule has 0 rings (SSSR count). The highest BCUT2D eigenvalue weighted by Crippen LogP contribution is 2.13. The Labute approximate surface area is 72.7 Å². The Bertz CT molecular complexity index is 138. The number of primary amides is 1. The molecule has 0 saturated carbocycles. The highest BCUT2D eigenvalue weighted by molar-refractivity contribution is 5.74. The zero-order valence-electron chi connectivity index (χ0n) is 7.62. The van der Waals surface area contributed by atoms with Gasteiger partial charge in [-0.05, 0) is 12.3 Å². The summed E-state index contributed by atoms with van der Waals surface area (Å²) in [4.78, 5) is 10.6. The fraction of sp³-hybridized carbons (Fsp3) is 0.875.